The van der Waals surface area contributed by atoms with Gasteiger partial charge in [-0.1, -0.05) is 62.4 Å². The highest BCUT2D eigenvalue weighted by atomic mass is 35.5. The molecule has 0 radical (unpaired) electrons. The summed E-state index contributed by atoms with van der Waals surface area (Å²) in [7, 11) is 0. The van der Waals surface area contributed by atoms with E-state index in [9.17, 15) is 0 Å². The smallest absolute Gasteiger partial charge is 0.0731 e. The van der Waals surface area contributed by atoms with Crippen LogP contribution in [0.2, 0.25) is 5.02 Å². The van der Waals surface area contributed by atoms with E-state index in [0.29, 0.717) is 5.02 Å². The lowest BCUT2D eigenvalue weighted by atomic mass is 10.0. The van der Waals surface area contributed by atoms with Gasteiger partial charge in [-0.3, -0.25) is 5.10 Å². The van der Waals surface area contributed by atoms with E-state index in [-0.39, 0.29) is 0 Å². The van der Waals surface area contributed by atoms with Crippen molar-refractivity contribution in [1.29, 1.82) is 0 Å². The lowest BCUT2D eigenvalue weighted by molar-refractivity contribution is 0.209. The number of piperazine rings is 1. The number of fused-ring (bicyclic) bond motifs is 2. The lowest BCUT2D eigenvalue weighted by Crippen LogP contribution is -2.44. The second-order valence-electron chi connectivity index (χ2n) is 8.95. The Morgan fingerprint density at radius 1 is 1.03 bits per heavy atom. The first-order valence-electron chi connectivity index (χ1n) is 11.9. The van der Waals surface area contributed by atoms with Crippen LogP contribution in [0.4, 0.5) is 0 Å². The number of allylic oxidation sites excluding steroid dienone is 1. The van der Waals surface area contributed by atoms with Crippen molar-refractivity contribution in [2.75, 3.05) is 26.2 Å². The molecule has 0 bridgehead atoms. The van der Waals surface area contributed by atoms with Gasteiger partial charge in [0, 0.05) is 53.9 Å². The van der Waals surface area contributed by atoms with E-state index in [0.717, 1.165) is 76.9 Å². The molecule has 0 saturated carbocycles. The molecule has 1 saturated heterocycles. The molecular formula is C28H30ClN5. The first-order chi connectivity index (χ1) is 16.5. The molecule has 2 aromatic heterocycles. The monoisotopic (exact) mass is 471 g/mol. The molecule has 4 aromatic rings. The maximum absolute atomic E-state index is 6.69. The van der Waals surface area contributed by atoms with Crippen LogP contribution in [-0.2, 0) is 0 Å². The first kappa shape index (κ1) is 22.5. The number of aromatic nitrogens is 3. The Hall–Kier alpha value is -3.31. The standard InChI is InChI=1S/C28H30ClN5/c1-4-5-7-19(2)33-12-14-34(15-13-33)20(3)21-10-11-23-25(29)17-28(31-27(23)16-21)22-8-6-9-26-24(22)18-30-32-26/h6,8-11,16-18H,2-5,7,12-15H2,1H3,(H,30,32). The summed E-state index contributed by atoms with van der Waals surface area (Å²) in [6.45, 7) is 14.8. The Balaban J connectivity index is 1.39. The van der Waals surface area contributed by atoms with E-state index in [2.05, 4.69) is 64.3 Å². The van der Waals surface area contributed by atoms with Gasteiger partial charge < -0.3 is 9.80 Å². The topological polar surface area (TPSA) is 48.0 Å². The highest BCUT2D eigenvalue weighted by Crippen LogP contribution is 2.33. The predicted octanol–water partition coefficient (Wildman–Crippen LogP) is 6.72. The number of pyridine rings is 1. The molecule has 1 aliphatic heterocycles. The zero-order valence-corrected chi connectivity index (χ0v) is 20.4. The van der Waals surface area contributed by atoms with Gasteiger partial charge in [0.15, 0.2) is 0 Å². The van der Waals surface area contributed by atoms with Crippen LogP contribution in [0.1, 0.15) is 31.7 Å². The van der Waals surface area contributed by atoms with E-state index >= 15 is 0 Å². The van der Waals surface area contributed by atoms with Crippen molar-refractivity contribution >= 4 is 39.1 Å². The fourth-order valence-corrected chi connectivity index (χ4v) is 4.97. The molecule has 1 N–H and O–H groups in total. The summed E-state index contributed by atoms with van der Waals surface area (Å²) in [6.07, 6.45) is 5.33. The van der Waals surface area contributed by atoms with Crippen LogP contribution >= 0.6 is 11.6 Å². The van der Waals surface area contributed by atoms with E-state index in [1.54, 1.807) is 0 Å². The molecule has 0 spiro atoms. The van der Waals surface area contributed by atoms with Crippen LogP contribution in [0.3, 0.4) is 0 Å². The fraction of sp³-hybridized carbons (Fsp3) is 0.286. The van der Waals surface area contributed by atoms with Crippen molar-refractivity contribution in [3.8, 4) is 11.3 Å². The van der Waals surface area contributed by atoms with Crippen LogP contribution in [0.25, 0.3) is 38.8 Å². The normalized spacial score (nSPS) is 14.2. The minimum atomic E-state index is 0.692. The van der Waals surface area contributed by atoms with Crippen molar-refractivity contribution < 1.29 is 0 Å². The van der Waals surface area contributed by atoms with Gasteiger partial charge in [-0.15, -0.1) is 0 Å². The summed E-state index contributed by atoms with van der Waals surface area (Å²) in [5, 5.41) is 9.87. The van der Waals surface area contributed by atoms with E-state index < -0.39 is 0 Å². The minimum Gasteiger partial charge on any atom is -0.372 e. The fourth-order valence-electron chi connectivity index (χ4n) is 4.71. The molecule has 1 fully saturated rings. The number of nitrogens with one attached hydrogen (secondary N) is 1. The molecular weight excluding hydrogens is 442 g/mol. The van der Waals surface area contributed by atoms with Gasteiger partial charge in [0.05, 0.1) is 27.9 Å². The molecule has 0 aliphatic carbocycles. The second kappa shape index (κ2) is 9.51. The van der Waals surface area contributed by atoms with Crippen molar-refractivity contribution in [2.24, 2.45) is 0 Å². The van der Waals surface area contributed by atoms with E-state index in [1.807, 2.05) is 24.4 Å². The summed E-state index contributed by atoms with van der Waals surface area (Å²) in [5.74, 6) is 0. The Bertz CT molecular complexity index is 1360. The number of hydrogen-bond donors (Lipinski definition) is 1. The average molecular weight is 472 g/mol. The van der Waals surface area contributed by atoms with Crippen LogP contribution in [-0.4, -0.2) is 51.2 Å². The number of nitrogens with zero attached hydrogens (tertiary/aromatic N) is 4. The Kier molecular flexibility index (Phi) is 6.29. The molecule has 174 valence electrons. The van der Waals surface area contributed by atoms with Gasteiger partial charge in [-0.25, -0.2) is 4.98 Å². The van der Waals surface area contributed by atoms with Crippen LogP contribution in [0, 0.1) is 0 Å². The number of benzene rings is 2. The van der Waals surface area contributed by atoms with Crippen molar-refractivity contribution in [2.45, 2.75) is 26.2 Å². The van der Waals surface area contributed by atoms with Crippen molar-refractivity contribution in [3.05, 3.63) is 78.1 Å². The van der Waals surface area contributed by atoms with Crippen molar-refractivity contribution in [3.63, 3.8) is 0 Å². The van der Waals surface area contributed by atoms with Gasteiger partial charge in [-0.05, 0) is 36.6 Å². The summed E-state index contributed by atoms with van der Waals surface area (Å²) in [6, 6.07) is 14.3. The summed E-state index contributed by atoms with van der Waals surface area (Å²) < 4.78 is 0. The Morgan fingerprint density at radius 3 is 2.62 bits per heavy atom. The molecule has 0 unspecified atom stereocenters. The van der Waals surface area contributed by atoms with E-state index in [4.69, 9.17) is 16.6 Å². The number of aromatic amines is 1. The number of halogens is 1. The van der Waals surface area contributed by atoms with Crippen LogP contribution < -0.4 is 0 Å². The zero-order chi connectivity index (χ0) is 23.7. The molecule has 0 amide bonds. The quantitative estimate of drug-likeness (QED) is 0.325. The summed E-state index contributed by atoms with van der Waals surface area (Å²) >= 11 is 6.69. The molecule has 5 nitrogen and oxygen atoms in total. The minimum absolute atomic E-state index is 0.692. The molecule has 5 rings (SSSR count). The second-order valence-corrected chi connectivity index (χ2v) is 9.36. The summed E-state index contributed by atoms with van der Waals surface area (Å²) in [4.78, 5) is 9.77. The Morgan fingerprint density at radius 2 is 1.82 bits per heavy atom. The molecule has 2 aromatic carbocycles. The number of rotatable bonds is 7. The number of hydrogen-bond acceptors (Lipinski definition) is 4. The molecule has 34 heavy (non-hydrogen) atoms. The Labute approximate surface area is 205 Å². The number of H-pyrrole nitrogens is 1. The summed E-state index contributed by atoms with van der Waals surface area (Å²) in [5.41, 5.74) is 7.07. The largest absolute Gasteiger partial charge is 0.372 e. The maximum Gasteiger partial charge on any atom is 0.0731 e. The van der Waals surface area contributed by atoms with Crippen LogP contribution in [0.5, 0.6) is 0 Å². The van der Waals surface area contributed by atoms with Gasteiger partial charge in [0.2, 0.25) is 0 Å². The molecule has 6 heteroatoms. The van der Waals surface area contributed by atoms with Gasteiger partial charge in [0.25, 0.3) is 0 Å². The third kappa shape index (κ3) is 4.28. The average Bonchev–Trinajstić information content (AvgIpc) is 3.35. The maximum atomic E-state index is 6.69. The molecule has 3 heterocycles. The predicted molar refractivity (Wildman–Crippen MR) is 143 cm³/mol. The number of unbranched alkanes of at least 4 members (excludes halogenated alkanes) is 1. The highest BCUT2D eigenvalue weighted by Gasteiger charge is 2.20. The lowest BCUT2D eigenvalue weighted by Gasteiger charge is -2.39. The SMILES string of the molecule is C=C(CCCC)N1CCN(C(=C)c2ccc3c(Cl)cc(-c4cccc5[nH]ncc45)nc3c2)CC1. The molecule has 1 aliphatic rings. The van der Waals surface area contributed by atoms with Gasteiger partial charge in [0.1, 0.15) is 0 Å². The van der Waals surface area contributed by atoms with Crippen molar-refractivity contribution in [1.82, 2.24) is 25.0 Å². The van der Waals surface area contributed by atoms with Gasteiger partial charge in [-0.2, -0.15) is 5.10 Å². The first-order valence-corrected chi connectivity index (χ1v) is 12.3. The zero-order valence-electron chi connectivity index (χ0n) is 19.6. The third-order valence-corrected chi connectivity index (χ3v) is 7.09. The highest BCUT2D eigenvalue weighted by molar-refractivity contribution is 6.35. The third-order valence-electron chi connectivity index (χ3n) is 6.78. The van der Waals surface area contributed by atoms with Crippen LogP contribution in [0.15, 0.2) is 67.5 Å². The molecule has 0 atom stereocenters. The van der Waals surface area contributed by atoms with Gasteiger partial charge >= 0.3 is 0 Å². The van der Waals surface area contributed by atoms with E-state index in [1.165, 1.54) is 18.5 Å².